The summed E-state index contributed by atoms with van der Waals surface area (Å²) in [5.74, 6) is 1.64. The quantitative estimate of drug-likeness (QED) is 0.722. The molecule has 6 nitrogen and oxygen atoms in total. The van der Waals surface area contributed by atoms with E-state index in [0.717, 1.165) is 31.9 Å². The zero-order valence-corrected chi connectivity index (χ0v) is 17.2. The molecule has 6 heteroatoms. The average Bonchev–Trinajstić information content (AvgIpc) is 3.30. The molecule has 2 aromatic rings. The van der Waals surface area contributed by atoms with Gasteiger partial charge in [0.2, 0.25) is 11.8 Å². The number of benzene rings is 1. The molecule has 1 aromatic heterocycles. The van der Waals surface area contributed by atoms with Crippen LogP contribution in [-0.2, 0) is 16.1 Å². The maximum Gasteiger partial charge on any atom is 0.249 e. The van der Waals surface area contributed by atoms with E-state index in [4.69, 9.17) is 9.47 Å². The third-order valence-corrected chi connectivity index (χ3v) is 6.01. The first kappa shape index (κ1) is 19.9. The molecule has 0 saturated carbocycles. The number of carbonyl (C=O) groups excluding carboxylic acids is 1. The third kappa shape index (κ3) is 4.28. The summed E-state index contributed by atoms with van der Waals surface area (Å²) in [6, 6.07) is 16.4. The minimum absolute atomic E-state index is 0.0936. The number of carbonyl (C=O) groups is 1. The summed E-state index contributed by atoms with van der Waals surface area (Å²) < 4.78 is 10.7. The molecule has 1 aromatic carbocycles. The van der Waals surface area contributed by atoms with Gasteiger partial charge in [-0.25, -0.2) is 4.98 Å². The van der Waals surface area contributed by atoms with E-state index in [1.165, 1.54) is 5.56 Å². The lowest BCUT2D eigenvalue weighted by Gasteiger charge is -2.30. The molecule has 2 saturated heterocycles. The summed E-state index contributed by atoms with van der Waals surface area (Å²) in [6.45, 7) is 6.18. The molecule has 2 aliphatic heterocycles. The Balaban J connectivity index is 1.50. The molecule has 2 aliphatic rings. The number of methoxy groups -OCH3 is 1. The molecule has 0 aliphatic carbocycles. The van der Waals surface area contributed by atoms with E-state index in [1.807, 2.05) is 36.1 Å². The van der Waals surface area contributed by atoms with E-state index in [2.05, 4.69) is 34.1 Å². The van der Waals surface area contributed by atoms with Gasteiger partial charge in [-0.3, -0.25) is 9.69 Å². The van der Waals surface area contributed by atoms with E-state index in [0.29, 0.717) is 24.3 Å². The fourth-order valence-electron chi connectivity index (χ4n) is 4.76. The maximum absolute atomic E-state index is 12.8. The molecule has 3 atom stereocenters. The fraction of sp³-hybridized carbons (Fsp3) is 0.478. The number of amides is 1. The third-order valence-electron chi connectivity index (χ3n) is 6.01. The zero-order chi connectivity index (χ0) is 20.2. The number of nitrogens with zero attached hydrogens (tertiary/aromatic N) is 3. The standard InChI is InChI=1S/C23H29N3O3/c1-3-29-16-22(27)26-13-18-12-25(14-19-10-7-11-21(24-19)28-2)15-20(18)23(26)17-8-5-4-6-9-17/h4-11,18,20,23H,3,12-16H2,1-2H3/t18-,20-,23+/m0/s1. The molecule has 0 N–H and O–H groups in total. The van der Waals surface area contributed by atoms with Crippen molar-refractivity contribution < 1.29 is 14.3 Å². The van der Waals surface area contributed by atoms with E-state index in [-0.39, 0.29) is 18.6 Å². The Morgan fingerprint density at radius 3 is 2.69 bits per heavy atom. The van der Waals surface area contributed by atoms with Crippen molar-refractivity contribution in [1.82, 2.24) is 14.8 Å². The highest BCUT2D eigenvalue weighted by Crippen LogP contribution is 2.45. The van der Waals surface area contributed by atoms with E-state index < -0.39 is 0 Å². The van der Waals surface area contributed by atoms with Crippen molar-refractivity contribution in [3.63, 3.8) is 0 Å². The Bertz CT molecular complexity index is 829. The number of ether oxygens (including phenoxy) is 2. The van der Waals surface area contributed by atoms with Crippen LogP contribution in [0, 0.1) is 11.8 Å². The van der Waals surface area contributed by atoms with Gasteiger partial charge in [-0.2, -0.15) is 0 Å². The van der Waals surface area contributed by atoms with Gasteiger partial charge >= 0.3 is 0 Å². The number of hydrogen-bond donors (Lipinski definition) is 0. The average molecular weight is 396 g/mol. The van der Waals surface area contributed by atoms with Crippen LogP contribution in [0.25, 0.3) is 0 Å². The lowest BCUT2D eigenvalue weighted by Crippen LogP contribution is -2.37. The largest absolute Gasteiger partial charge is 0.481 e. The molecule has 0 bridgehead atoms. The van der Waals surface area contributed by atoms with Crippen LogP contribution in [0.5, 0.6) is 5.88 Å². The molecular weight excluding hydrogens is 366 g/mol. The number of hydrogen-bond acceptors (Lipinski definition) is 5. The first-order valence-electron chi connectivity index (χ1n) is 10.3. The van der Waals surface area contributed by atoms with Crippen molar-refractivity contribution in [3.05, 3.63) is 59.8 Å². The molecule has 29 heavy (non-hydrogen) atoms. The van der Waals surface area contributed by atoms with Crippen LogP contribution in [0.1, 0.15) is 24.2 Å². The van der Waals surface area contributed by atoms with E-state index in [9.17, 15) is 4.79 Å². The zero-order valence-electron chi connectivity index (χ0n) is 17.2. The van der Waals surface area contributed by atoms with Gasteiger partial charge in [0, 0.05) is 44.8 Å². The van der Waals surface area contributed by atoms with Crippen LogP contribution >= 0.6 is 0 Å². The van der Waals surface area contributed by atoms with Crippen molar-refractivity contribution in [2.75, 3.05) is 40.0 Å². The monoisotopic (exact) mass is 395 g/mol. The molecule has 2 fully saturated rings. The Morgan fingerprint density at radius 2 is 1.93 bits per heavy atom. The Kier molecular flexibility index (Phi) is 6.11. The molecule has 0 spiro atoms. The topological polar surface area (TPSA) is 54.9 Å². The number of pyridine rings is 1. The molecule has 1 amide bonds. The summed E-state index contributed by atoms with van der Waals surface area (Å²) >= 11 is 0. The Morgan fingerprint density at radius 1 is 1.10 bits per heavy atom. The number of likely N-dealkylation sites (tertiary alicyclic amines) is 2. The summed E-state index contributed by atoms with van der Waals surface area (Å²) in [7, 11) is 1.64. The van der Waals surface area contributed by atoms with Crippen molar-refractivity contribution in [1.29, 1.82) is 0 Å². The second-order valence-corrected chi connectivity index (χ2v) is 7.83. The number of aromatic nitrogens is 1. The van der Waals surface area contributed by atoms with Gasteiger partial charge in [-0.05, 0) is 24.5 Å². The first-order chi connectivity index (χ1) is 14.2. The summed E-state index contributed by atoms with van der Waals surface area (Å²) in [5, 5.41) is 0. The lowest BCUT2D eigenvalue weighted by atomic mass is 9.89. The van der Waals surface area contributed by atoms with Gasteiger partial charge in [-0.1, -0.05) is 36.4 Å². The highest BCUT2D eigenvalue weighted by atomic mass is 16.5. The summed E-state index contributed by atoms with van der Waals surface area (Å²) in [5.41, 5.74) is 2.23. The van der Waals surface area contributed by atoms with Crippen molar-refractivity contribution in [3.8, 4) is 5.88 Å². The minimum atomic E-state index is 0.0936. The molecule has 0 radical (unpaired) electrons. The maximum atomic E-state index is 12.8. The van der Waals surface area contributed by atoms with Gasteiger partial charge in [-0.15, -0.1) is 0 Å². The molecule has 154 valence electrons. The van der Waals surface area contributed by atoms with Gasteiger partial charge in [0.1, 0.15) is 6.61 Å². The smallest absolute Gasteiger partial charge is 0.249 e. The second-order valence-electron chi connectivity index (χ2n) is 7.83. The van der Waals surface area contributed by atoms with E-state index in [1.54, 1.807) is 7.11 Å². The van der Waals surface area contributed by atoms with Crippen LogP contribution in [0.2, 0.25) is 0 Å². The molecule has 4 rings (SSSR count). The highest BCUT2D eigenvalue weighted by Gasteiger charge is 2.48. The first-order valence-corrected chi connectivity index (χ1v) is 10.3. The highest BCUT2D eigenvalue weighted by molar-refractivity contribution is 5.78. The SMILES string of the molecule is CCOCC(=O)N1C[C@@H]2CN(Cc3cccc(OC)n3)C[C@@H]2[C@H]1c1ccccc1. The van der Waals surface area contributed by atoms with Crippen LogP contribution in [-0.4, -0.2) is 60.6 Å². The fourth-order valence-corrected chi connectivity index (χ4v) is 4.76. The van der Waals surface area contributed by atoms with Crippen LogP contribution in [0.3, 0.4) is 0 Å². The van der Waals surface area contributed by atoms with E-state index >= 15 is 0 Å². The predicted octanol–water partition coefficient (Wildman–Crippen LogP) is 2.76. The number of rotatable bonds is 7. The number of fused-ring (bicyclic) bond motifs is 1. The lowest BCUT2D eigenvalue weighted by molar-refractivity contribution is -0.137. The van der Waals surface area contributed by atoms with Gasteiger partial charge < -0.3 is 14.4 Å². The van der Waals surface area contributed by atoms with Crippen molar-refractivity contribution in [2.45, 2.75) is 19.5 Å². The van der Waals surface area contributed by atoms with Crippen LogP contribution in [0.15, 0.2) is 48.5 Å². The Labute approximate surface area is 172 Å². The molecular formula is C23H29N3O3. The minimum Gasteiger partial charge on any atom is -0.481 e. The summed E-state index contributed by atoms with van der Waals surface area (Å²) in [4.78, 5) is 21.9. The Hall–Kier alpha value is -2.44. The normalized spacial score (nSPS) is 23.9. The molecule has 3 heterocycles. The van der Waals surface area contributed by atoms with Crippen LogP contribution in [0.4, 0.5) is 0 Å². The van der Waals surface area contributed by atoms with Crippen LogP contribution < -0.4 is 4.74 Å². The van der Waals surface area contributed by atoms with Gasteiger partial charge in [0.05, 0.1) is 18.8 Å². The summed E-state index contributed by atoms with van der Waals surface area (Å²) in [6.07, 6.45) is 0. The molecule has 0 unspecified atom stereocenters. The predicted molar refractivity (Wildman–Crippen MR) is 110 cm³/mol. The second kappa shape index (κ2) is 8.93. The van der Waals surface area contributed by atoms with Crippen molar-refractivity contribution in [2.24, 2.45) is 11.8 Å². The van der Waals surface area contributed by atoms with Crippen molar-refractivity contribution >= 4 is 5.91 Å². The van der Waals surface area contributed by atoms with Gasteiger partial charge in [0.15, 0.2) is 0 Å². The van der Waals surface area contributed by atoms with Gasteiger partial charge in [0.25, 0.3) is 0 Å².